The normalized spacial score (nSPS) is 14.1. The smallest absolute Gasteiger partial charge is 0.319 e. The van der Waals surface area contributed by atoms with Crippen LogP contribution in [0.5, 0.6) is 11.5 Å². The SMILES string of the molecule is CCCCSC(C)C(=O)OCc1ccc2c(c1)OCO2. The number of carbonyl (C=O) groups is 1. The van der Waals surface area contributed by atoms with Crippen LogP contribution in [0.15, 0.2) is 18.2 Å². The summed E-state index contributed by atoms with van der Waals surface area (Å²) < 4.78 is 15.9. The summed E-state index contributed by atoms with van der Waals surface area (Å²) in [7, 11) is 0. The third-order valence-electron chi connectivity index (χ3n) is 3.02. The Bertz CT molecular complexity index is 461. The van der Waals surface area contributed by atoms with Crippen LogP contribution in [0.2, 0.25) is 0 Å². The molecule has 0 bridgehead atoms. The van der Waals surface area contributed by atoms with E-state index in [1.54, 1.807) is 11.8 Å². The quantitative estimate of drug-likeness (QED) is 0.570. The maximum Gasteiger partial charge on any atom is 0.319 e. The lowest BCUT2D eigenvalue weighted by molar-refractivity contribution is -0.143. The Morgan fingerprint density at radius 1 is 1.40 bits per heavy atom. The van der Waals surface area contributed by atoms with Gasteiger partial charge >= 0.3 is 5.97 Å². The minimum atomic E-state index is -0.163. The number of esters is 1. The minimum Gasteiger partial charge on any atom is -0.460 e. The summed E-state index contributed by atoms with van der Waals surface area (Å²) >= 11 is 1.65. The van der Waals surface area contributed by atoms with Crippen LogP contribution in [0.3, 0.4) is 0 Å². The van der Waals surface area contributed by atoms with Crippen molar-refractivity contribution in [2.24, 2.45) is 0 Å². The molecular formula is C15H20O4S. The van der Waals surface area contributed by atoms with Crippen molar-refractivity contribution in [2.75, 3.05) is 12.5 Å². The van der Waals surface area contributed by atoms with Crippen LogP contribution >= 0.6 is 11.8 Å². The highest BCUT2D eigenvalue weighted by Gasteiger charge is 2.16. The van der Waals surface area contributed by atoms with Gasteiger partial charge in [-0.3, -0.25) is 4.79 Å². The third-order valence-corrected chi connectivity index (χ3v) is 4.23. The van der Waals surface area contributed by atoms with Crippen LogP contribution in [-0.4, -0.2) is 23.8 Å². The minimum absolute atomic E-state index is 0.115. The lowest BCUT2D eigenvalue weighted by Crippen LogP contribution is -2.17. The predicted molar refractivity (Wildman–Crippen MR) is 79.2 cm³/mol. The maximum atomic E-state index is 11.8. The van der Waals surface area contributed by atoms with E-state index in [0.717, 1.165) is 29.9 Å². The van der Waals surface area contributed by atoms with Crippen LogP contribution in [0.1, 0.15) is 32.3 Å². The molecule has 20 heavy (non-hydrogen) atoms. The van der Waals surface area contributed by atoms with Gasteiger partial charge in [0.1, 0.15) is 6.61 Å². The van der Waals surface area contributed by atoms with Gasteiger partial charge in [-0.1, -0.05) is 19.4 Å². The van der Waals surface area contributed by atoms with Crippen molar-refractivity contribution in [1.82, 2.24) is 0 Å². The summed E-state index contributed by atoms with van der Waals surface area (Å²) in [5, 5.41) is -0.115. The van der Waals surface area contributed by atoms with E-state index in [9.17, 15) is 4.79 Å². The number of fused-ring (bicyclic) bond motifs is 1. The van der Waals surface area contributed by atoms with Gasteiger partial charge in [0, 0.05) is 0 Å². The predicted octanol–water partition coefficient (Wildman–Crippen LogP) is 3.38. The van der Waals surface area contributed by atoms with Crippen molar-refractivity contribution in [2.45, 2.75) is 38.5 Å². The standard InChI is InChI=1S/C15H20O4S/c1-3-4-7-20-11(2)15(16)17-9-12-5-6-13-14(8-12)19-10-18-13/h5-6,8,11H,3-4,7,9-10H2,1-2H3. The van der Waals surface area contributed by atoms with Crippen LogP contribution in [0.25, 0.3) is 0 Å². The van der Waals surface area contributed by atoms with E-state index >= 15 is 0 Å². The number of carbonyl (C=O) groups excluding carboxylic acids is 1. The van der Waals surface area contributed by atoms with E-state index in [4.69, 9.17) is 14.2 Å². The molecule has 4 nitrogen and oxygen atoms in total. The van der Waals surface area contributed by atoms with Crippen LogP contribution < -0.4 is 9.47 Å². The van der Waals surface area contributed by atoms with Crippen LogP contribution in [0.4, 0.5) is 0 Å². The van der Waals surface area contributed by atoms with Gasteiger partial charge < -0.3 is 14.2 Å². The zero-order valence-electron chi connectivity index (χ0n) is 11.9. The Labute approximate surface area is 123 Å². The van der Waals surface area contributed by atoms with E-state index < -0.39 is 0 Å². The molecule has 1 atom stereocenters. The fourth-order valence-corrected chi connectivity index (χ4v) is 2.79. The van der Waals surface area contributed by atoms with Gasteiger partial charge in [0.2, 0.25) is 6.79 Å². The van der Waals surface area contributed by atoms with Crippen molar-refractivity contribution in [3.8, 4) is 11.5 Å². The van der Waals surface area contributed by atoms with Crippen molar-refractivity contribution in [3.05, 3.63) is 23.8 Å². The summed E-state index contributed by atoms with van der Waals surface area (Å²) in [6, 6.07) is 5.57. The number of unbranched alkanes of at least 4 members (excludes halogenated alkanes) is 1. The molecule has 0 saturated carbocycles. The monoisotopic (exact) mass is 296 g/mol. The van der Waals surface area contributed by atoms with E-state index in [1.165, 1.54) is 0 Å². The molecule has 0 N–H and O–H groups in total. The zero-order chi connectivity index (χ0) is 14.4. The Hall–Kier alpha value is -1.36. The van der Waals surface area contributed by atoms with E-state index in [2.05, 4.69) is 6.92 Å². The van der Waals surface area contributed by atoms with Crippen molar-refractivity contribution in [3.63, 3.8) is 0 Å². The topological polar surface area (TPSA) is 44.8 Å². The lowest BCUT2D eigenvalue weighted by atomic mass is 10.2. The molecule has 1 aliphatic rings. The summed E-state index contributed by atoms with van der Waals surface area (Å²) in [6.45, 7) is 4.56. The van der Waals surface area contributed by atoms with Gasteiger partial charge in [-0.15, -0.1) is 11.8 Å². The second kappa shape index (κ2) is 7.43. The molecule has 1 aromatic rings. The average molecular weight is 296 g/mol. The Morgan fingerprint density at radius 2 is 2.20 bits per heavy atom. The number of rotatable bonds is 7. The second-order valence-electron chi connectivity index (χ2n) is 4.66. The molecular weight excluding hydrogens is 276 g/mol. The molecule has 1 heterocycles. The fraction of sp³-hybridized carbons (Fsp3) is 0.533. The molecule has 0 aromatic heterocycles. The highest BCUT2D eigenvalue weighted by molar-refractivity contribution is 8.00. The summed E-state index contributed by atoms with van der Waals surface area (Å²) in [4.78, 5) is 11.8. The summed E-state index contributed by atoms with van der Waals surface area (Å²) in [5.74, 6) is 2.29. The number of ether oxygens (including phenoxy) is 3. The molecule has 5 heteroatoms. The van der Waals surface area contributed by atoms with Crippen LogP contribution in [0, 0.1) is 0 Å². The number of benzene rings is 1. The van der Waals surface area contributed by atoms with E-state index in [-0.39, 0.29) is 24.6 Å². The molecule has 0 radical (unpaired) electrons. The zero-order valence-corrected chi connectivity index (χ0v) is 12.7. The summed E-state index contributed by atoms with van der Waals surface area (Å²) in [5.41, 5.74) is 0.911. The molecule has 0 amide bonds. The van der Waals surface area contributed by atoms with E-state index in [0.29, 0.717) is 5.75 Å². The molecule has 0 fully saturated rings. The highest BCUT2D eigenvalue weighted by atomic mass is 32.2. The van der Waals surface area contributed by atoms with Gasteiger partial charge in [-0.05, 0) is 36.8 Å². The number of thioether (sulfide) groups is 1. The first kappa shape index (κ1) is 15.0. The fourth-order valence-electron chi connectivity index (χ4n) is 1.78. The lowest BCUT2D eigenvalue weighted by Gasteiger charge is -2.11. The Morgan fingerprint density at radius 3 is 3.00 bits per heavy atom. The van der Waals surface area contributed by atoms with Crippen molar-refractivity contribution >= 4 is 17.7 Å². The summed E-state index contributed by atoms with van der Waals surface area (Å²) in [6.07, 6.45) is 2.27. The number of hydrogen-bond acceptors (Lipinski definition) is 5. The molecule has 110 valence electrons. The molecule has 1 unspecified atom stereocenters. The molecule has 1 aromatic carbocycles. The van der Waals surface area contributed by atoms with Crippen molar-refractivity contribution in [1.29, 1.82) is 0 Å². The molecule has 1 aliphatic heterocycles. The van der Waals surface area contributed by atoms with Crippen LogP contribution in [-0.2, 0) is 16.1 Å². The largest absolute Gasteiger partial charge is 0.460 e. The molecule has 0 saturated heterocycles. The first-order valence-corrected chi connectivity index (χ1v) is 7.92. The second-order valence-corrected chi connectivity index (χ2v) is 6.11. The van der Waals surface area contributed by atoms with E-state index in [1.807, 2.05) is 25.1 Å². The van der Waals surface area contributed by atoms with Gasteiger partial charge in [-0.25, -0.2) is 0 Å². The molecule has 0 spiro atoms. The van der Waals surface area contributed by atoms with Crippen molar-refractivity contribution < 1.29 is 19.0 Å². The van der Waals surface area contributed by atoms with Gasteiger partial charge in [0.25, 0.3) is 0 Å². The first-order chi connectivity index (χ1) is 9.70. The first-order valence-electron chi connectivity index (χ1n) is 6.87. The average Bonchev–Trinajstić information content (AvgIpc) is 2.92. The third kappa shape index (κ3) is 4.07. The number of hydrogen-bond donors (Lipinski definition) is 0. The van der Waals surface area contributed by atoms with Gasteiger partial charge in [0.15, 0.2) is 11.5 Å². The molecule has 2 rings (SSSR count). The Kier molecular flexibility index (Phi) is 5.59. The molecule has 0 aliphatic carbocycles. The van der Waals surface area contributed by atoms with Gasteiger partial charge in [0.05, 0.1) is 5.25 Å². The maximum absolute atomic E-state index is 11.8. The highest BCUT2D eigenvalue weighted by Crippen LogP contribution is 2.32. The van der Waals surface area contributed by atoms with Gasteiger partial charge in [-0.2, -0.15) is 0 Å². The Balaban J connectivity index is 1.78.